The second kappa shape index (κ2) is 13.9. The number of halogens is 1. The van der Waals surface area contributed by atoms with Crippen molar-refractivity contribution in [1.29, 1.82) is 0 Å². The summed E-state index contributed by atoms with van der Waals surface area (Å²) in [4.78, 5) is 2.52. The summed E-state index contributed by atoms with van der Waals surface area (Å²) in [5.41, 5.74) is 18.5. The van der Waals surface area contributed by atoms with Gasteiger partial charge in [-0.2, -0.15) is 0 Å². The standard InChI is InChI=1S/C33H42FN5O3/c1-40-28-16-26(17-29(18-28)41-2)37-25-8-12-38(13-9-25)20-23-4-7-33-31(14-23)32(21-39(33)11-3-10-35)30-6-5-27(42-22-34)15-24(30)19-36/h4-7,14-18,21,25,37H,3,8-13,19-20,22,35-36H2,1-2H3. The van der Waals surface area contributed by atoms with Gasteiger partial charge >= 0.3 is 0 Å². The zero-order chi connectivity index (χ0) is 29.5. The fraction of sp³-hybridized carbons (Fsp3) is 0.394. The normalized spacial score (nSPS) is 14.3. The van der Waals surface area contributed by atoms with Gasteiger partial charge in [-0.05, 0) is 66.8 Å². The molecule has 2 heterocycles. The Bertz CT molecular complexity index is 1460. The molecule has 0 spiro atoms. The van der Waals surface area contributed by atoms with Crippen molar-refractivity contribution in [3.05, 3.63) is 71.9 Å². The van der Waals surface area contributed by atoms with Crippen LogP contribution in [0.1, 0.15) is 30.4 Å². The third-order valence-electron chi connectivity index (χ3n) is 8.07. The van der Waals surface area contributed by atoms with E-state index in [0.717, 1.165) is 79.3 Å². The van der Waals surface area contributed by atoms with Gasteiger partial charge in [0.05, 0.1) is 14.2 Å². The largest absolute Gasteiger partial charge is 0.497 e. The molecule has 5 N–H and O–H groups in total. The number of alkyl halides is 1. The molecule has 0 unspecified atom stereocenters. The van der Waals surface area contributed by atoms with Gasteiger partial charge in [0.15, 0.2) is 0 Å². The number of nitrogens with one attached hydrogen (secondary N) is 1. The molecular formula is C33H42FN5O3. The number of fused-ring (bicyclic) bond motifs is 1. The number of anilines is 1. The maximum Gasteiger partial charge on any atom is 0.228 e. The van der Waals surface area contributed by atoms with Gasteiger partial charge in [0, 0.05) is 85.3 Å². The lowest BCUT2D eigenvalue weighted by Crippen LogP contribution is -2.38. The minimum atomic E-state index is -0.867. The summed E-state index contributed by atoms with van der Waals surface area (Å²) in [6.07, 6.45) is 5.19. The van der Waals surface area contributed by atoms with Gasteiger partial charge in [-0.1, -0.05) is 12.1 Å². The molecule has 1 saturated heterocycles. The monoisotopic (exact) mass is 575 g/mol. The van der Waals surface area contributed by atoms with E-state index in [-0.39, 0.29) is 0 Å². The number of aromatic nitrogens is 1. The second-order valence-corrected chi connectivity index (χ2v) is 10.8. The molecule has 224 valence electrons. The Morgan fingerprint density at radius 1 is 0.905 bits per heavy atom. The second-order valence-electron chi connectivity index (χ2n) is 10.8. The Morgan fingerprint density at radius 3 is 2.33 bits per heavy atom. The van der Waals surface area contributed by atoms with Gasteiger partial charge in [0.1, 0.15) is 17.2 Å². The van der Waals surface area contributed by atoms with E-state index in [0.29, 0.717) is 24.9 Å². The quantitative estimate of drug-likeness (QED) is 0.193. The Morgan fingerprint density at radius 2 is 1.67 bits per heavy atom. The number of hydrogen-bond donors (Lipinski definition) is 3. The van der Waals surface area contributed by atoms with Gasteiger partial charge < -0.3 is 35.6 Å². The number of aryl methyl sites for hydroxylation is 1. The van der Waals surface area contributed by atoms with Crippen LogP contribution in [0.2, 0.25) is 0 Å². The molecule has 5 rings (SSSR count). The number of rotatable bonds is 13. The Kier molecular flexibility index (Phi) is 9.84. The van der Waals surface area contributed by atoms with Crippen molar-refractivity contribution in [1.82, 2.24) is 9.47 Å². The molecule has 0 amide bonds. The summed E-state index contributed by atoms with van der Waals surface area (Å²) in [7, 11) is 3.34. The van der Waals surface area contributed by atoms with Gasteiger partial charge in [0.2, 0.25) is 6.86 Å². The number of piperidine rings is 1. The molecule has 0 radical (unpaired) electrons. The van der Waals surface area contributed by atoms with Crippen molar-refractivity contribution in [3.63, 3.8) is 0 Å². The smallest absolute Gasteiger partial charge is 0.228 e. The van der Waals surface area contributed by atoms with Crippen LogP contribution in [0.3, 0.4) is 0 Å². The zero-order valence-corrected chi connectivity index (χ0v) is 24.6. The highest BCUT2D eigenvalue weighted by molar-refractivity contribution is 5.97. The van der Waals surface area contributed by atoms with E-state index in [1.54, 1.807) is 20.3 Å². The van der Waals surface area contributed by atoms with E-state index in [1.165, 1.54) is 16.5 Å². The Balaban J connectivity index is 1.33. The maximum absolute atomic E-state index is 12.8. The molecule has 42 heavy (non-hydrogen) atoms. The molecule has 0 saturated carbocycles. The van der Waals surface area contributed by atoms with Gasteiger partial charge in [-0.25, -0.2) is 4.39 Å². The summed E-state index contributed by atoms with van der Waals surface area (Å²) in [6, 6.07) is 18.7. The lowest BCUT2D eigenvalue weighted by Gasteiger charge is -2.33. The highest BCUT2D eigenvalue weighted by Crippen LogP contribution is 2.36. The van der Waals surface area contributed by atoms with Gasteiger partial charge in [0.25, 0.3) is 0 Å². The predicted molar refractivity (Wildman–Crippen MR) is 167 cm³/mol. The van der Waals surface area contributed by atoms with Crippen LogP contribution in [0, 0.1) is 0 Å². The molecule has 1 fully saturated rings. The number of benzene rings is 3. The summed E-state index contributed by atoms with van der Waals surface area (Å²) in [5, 5.41) is 4.85. The minimum Gasteiger partial charge on any atom is -0.497 e. The molecule has 1 aromatic heterocycles. The number of nitrogens with two attached hydrogens (primary N) is 2. The molecule has 4 aromatic rings. The number of ether oxygens (including phenoxy) is 3. The lowest BCUT2D eigenvalue weighted by molar-refractivity contribution is 0.191. The zero-order valence-electron chi connectivity index (χ0n) is 24.6. The summed E-state index contributed by atoms with van der Waals surface area (Å²) >= 11 is 0. The number of likely N-dealkylation sites (tertiary alicyclic amines) is 1. The van der Waals surface area contributed by atoms with Crippen LogP contribution in [0.5, 0.6) is 17.2 Å². The van der Waals surface area contributed by atoms with Crippen molar-refractivity contribution in [2.75, 3.05) is 46.0 Å². The summed E-state index contributed by atoms with van der Waals surface area (Å²) < 4.78 is 31.0. The number of hydrogen-bond acceptors (Lipinski definition) is 7. The van der Waals surface area contributed by atoms with E-state index in [1.807, 2.05) is 30.3 Å². The molecule has 0 atom stereocenters. The fourth-order valence-electron chi connectivity index (χ4n) is 5.88. The average molecular weight is 576 g/mol. The fourth-order valence-corrected chi connectivity index (χ4v) is 5.88. The Hall–Kier alpha value is -3.79. The van der Waals surface area contributed by atoms with E-state index in [2.05, 4.69) is 39.2 Å². The van der Waals surface area contributed by atoms with E-state index < -0.39 is 6.86 Å². The first-order valence-electron chi connectivity index (χ1n) is 14.6. The van der Waals surface area contributed by atoms with Gasteiger partial charge in [-0.3, -0.25) is 4.90 Å². The first kappa shape index (κ1) is 29.7. The lowest BCUT2D eigenvalue weighted by atomic mass is 9.97. The third-order valence-corrected chi connectivity index (χ3v) is 8.07. The maximum atomic E-state index is 12.8. The average Bonchev–Trinajstić information content (AvgIpc) is 3.38. The first-order chi connectivity index (χ1) is 20.5. The van der Waals surface area contributed by atoms with E-state index in [4.69, 9.17) is 25.7 Å². The number of nitrogens with zero attached hydrogens (tertiary/aromatic N) is 2. The van der Waals surface area contributed by atoms with Crippen LogP contribution in [-0.2, 0) is 19.6 Å². The molecule has 0 aliphatic carbocycles. The molecule has 0 bridgehead atoms. The van der Waals surface area contributed by atoms with Crippen LogP contribution in [-0.4, -0.2) is 56.2 Å². The molecule has 9 heteroatoms. The minimum absolute atomic E-state index is 0.333. The van der Waals surface area contributed by atoms with Crippen LogP contribution in [0.15, 0.2) is 60.8 Å². The Labute approximate surface area is 247 Å². The summed E-state index contributed by atoms with van der Waals surface area (Å²) in [5.74, 6) is 2.05. The van der Waals surface area contributed by atoms with Gasteiger partial charge in [-0.15, -0.1) is 0 Å². The first-order valence-corrected chi connectivity index (χ1v) is 14.6. The van der Waals surface area contributed by atoms with Crippen molar-refractivity contribution in [2.45, 2.75) is 44.9 Å². The topological polar surface area (TPSA) is 99.9 Å². The molecule has 3 aromatic carbocycles. The van der Waals surface area contributed by atoms with Crippen LogP contribution >= 0.6 is 0 Å². The molecule has 1 aliphatic rings. The SMILES string of the molecule is COc1cc(NC2CCN(Cc3ccc4c(c3)c(-c3ccc(OCF)cc3CN)cn4CCCN)CC2)cc(OC)c1. The number of methoxy groups -OCH3 is 2. The third kappa shape index (κ3) is 6.81. The van der Waals surface area contributed by atoms with Crippen molar-refractivity contribution in [3.8, 4) is 28.4 Å². The van der Waals surface area contributed by atoms with Crippen LogP contribution in [0.4, 0.5) is 10.1 Å². The molecular weight excluding hydrogens is 533 g/mol. The van der Waals surface area contributed by atoms with Crippen molar-refractivity contribution >= 4 is 16.6 Å². The molecule has 8 nitrogen and oxygen atoms in total. The van der Waals surface area contributed by atoms with E-state index in [9.17, 15) is 4.39 Å². The van der Waals surface area contributed by atoms with Crippen molar-refractivity contribution in [2.24, 2.45) is 11.5 Å². The highest BCUT2D eigenvalue weighted by Gasteiger charge is 2.21. The van der Waals surface area contributed by atoms with Crippen LogP contribution < -0.4 is 31.0 Å². The van der Waals surface area contributed by atoms with E-state index >= 15 is 0 Å². The predicted octanol–water partition coefficient (Wildman–Crippen LogP) is 5.52. The van der Waals surface area contributed by atoms with Crippen molar-refractivity contribution < 1.29 is 18.6 Å². The highest BCUT2D eigenvalue weighted by atomic mass is 19.1. The molecule has 1 aliphatic heterocycles. The summed E-state index contributed by atoms with van der Waals surface area (Å²) in [6.45, 7) is 3.84. The van der Waals surface area contributed by atoms with Crippen LogP contribution in [0.25, 0.3) is 22.0 Å².